The van der Waals surface area contributed by atoms with Crippen LogP contribution in [-0.4, -0.2) is 47.7 Å². The molecule has 0 saturated carbocycles. The van der Waals surface area contributed by atoms with Gasteiger partial charge < -0.3 is 4.48 Å². The first kappa shape index (κ1) is 30.3. The number of hydrogen-bond acceptors (Lipinski definition) is 3. The molecule has 1 unspecified atom stereocenters. The van der Waals surface area contributed by atoms with E-state index in [0.717, 1.165) is 12.8 Å². The van der Waals surface area contributed by atoms with E-state index in [2.05, 4.69) is 20.8 Å². The standard InChI is InChI=1S/C25H54NO2S2/c1-5-8-11-16-21-26(22-17-12-9-6-2,23-18-13-10-7-3)24-19-14-15-20-25-30(27,29)28-4/h5-25H2,1-4H3/q+1. The van der Waals surface area contributed by atoms with E-state index in [9.17, 15) is 4.21 Å². The van der Waals surface area contributed by atoms with Gasteiger partial charge in [-0.05, 0) is 57.8 Å². The molecule has 0 fully saturated rings. The fourth-order valence-electron chi connectivity index (χ4n) is 4.46. The lowest BCUT2D eigenvalue weighted by atomic mass is 10.1. The predicted molar refractivity (Wildman–Crippen MR) is 138 cm³/mol. The van der Waals surface area contributed by atoms with E-state index in [4.69, 9.17) is 15.4 Å². The molecule has 3 nitrogen and oxygen atoms in total. The number of nitrogens with zero attached hydrogens (tertiary/aromatic N) is 1. The molecule has 0 heterocycles. The normalized spacial score (nSPS) is 14.1. The number of rotatable bonds is 23. The van der Waals surface area contributed by atoms with Crippen LogP contribution in [0.5, 0.6) is 0 Å². The van der Waals surface area contributed by atoms with Gasteiger partial charge >= 0.3 is 0 Å². The summed E-state index contributed by atoms with van der Waals surface area (Å²) in [5, 5.41) is 0. The molecule has 0 amide bonds. The largest absolute Gasteiger partial charge is 0.324 e. The zero-order valence-corrected chi connectivity index (χ0v) is 22.6. The molecule has 0 spiro atoms. The Morgan fingerprint density at radius 1 is 0.600 bits per heavy atom. The average Bonchev–Trinajstić information content (AvgIpc) is 2.74. The maximum Gasteiger partial charge on any atom is 0.143 e. The van der Waals surface area contributed by atoms with E-state index >= 15 is 0 Å². The summed E-state index contributed by atoms with van der Waals surface area (Å²) in [4.78, 5) is 0. The minimum atomic E-state index is -2.46. The Morgan fingerprint density at radius 3 is 1.27 bits per heavy atom. The third-order valence-corrected chi connectivity index (χ3v) is 8.69. The molecule has 5 heteroatoms. The van der Waals surface area contributed by atoms with E-state index in [0.29, 0.717) is 5.75 Å². The maximum atomic E-state index is 11.9. The first-order valence-electron chi connectivity index (χ1n) is 13.1. The summed E-state index contributed by atoms with van der Waals surface area (Å²) in [6.07, 6.45) is 21.0. The summed E-state index contributed by atoms with van der Waals surface area (Å²) in [5.74, 6) is 0.532. The Kier molecular flexibility index (Phi) is 20.1. The van der Waals surface area contributed by atoms with Crippen molar-refractivity contribution in [2.45, 2.75) is 124 Å². The second kappa shape index (κ2) is 19.9. The van der Waals surface area contributed by atoms with Gasteiger partial charge in [0.15, 0.2) is 0 Å². The molecule has 0 aliphatic heterocycles. The highest BCUT2D eigenvalue weighted by Crippen LogP contribution is 2.19. The van der Waals surface area contributed by atoms with E-state index < -0.39 is 8.77 Å². The van der Waals surface area contributed by atoms with E-state index in [1.807, 2.05) is 0 Å². The highest BCUT2D eigenvalue weighted by atomic mass is 32.8. The third kappa shape index (κ3) is 16.9. The summed E-state index contributed by atoms with van der Waals surface area (Å²) in [5.41, 5.74) is 0. The molecule has 0 aromatic rings. The van der Waals surface area contributed by atoms with Gasteiger partial charge in [-0.2, -0.15) is 0 Å². The zero-order chi connectivity index (χ0) is 22.6. The van der Waals surface area contributed by atoms with E-state index in [1.165, 1.54) is 128 Å². The lowest BCUT2D eigenvalue weighted by molar-refractivity contribution is -0.929. The predicted octanol–water partition coefficient (Wildman–Crippen LogP) is 7.41. The number of quaternary nitrogens is 1. The molecule has 0 aromatic heterocycles. The van der Waals surface area contributed by atoms with Crippen LogP contribution in [0.4, 0.5) is 0 Å². The van der Waals surface area contributed by atoms with Crippen molar-refractivity contribution < 1.29 is 12.9 Å². The summed E-state index contributed by atoms with van der Waals surface area (Å²) in [6.45, 7) is 12.4. The molecule has 0 saturated heterocycles. The van der Waals surface area contributed by atoms with Crippen LogP contribution in [0.15, 0.2) is 0 Å². The van der Waals surface area contributed by atoms with Crippen LogP contribution < -0.4 is 0 Å². The molecule has 0 radical (unpaired) electrons. The Balaban J connectivity index is 4.71. The van der Waals surface area contributed by atoms with Gasteiger partial charge in [-0.15, -0.1) is 0 Å². The average molecular weight is 465 g/mol. The van der Waals surface area contributed by atoms with Gasteiger partial charge in [-0.1, -0.05) is 65.7 Å². The molecular formula is C25H54NO2S2+. The monoisotopic (exact) mass is 464 g/mol. The molecule has 0 aliphatic rings. The van der Waals surface area contributed by atoms with Crippen LogP contribution in [0.1, 0.15) is 124 Å². The van der Waals surface area contributed by atoms with Crippen molar-refractivity contribution in [3.8, 4) is 0 Å². The van der Waals surface area contributed by atoms with Crippen LogP contribution in [0.2, 0.25) is 0 Å². The minimum absolute atomic E-state index is 0.532. The van der Waals surface area contributed by atoms with Gasteiger partial charge in [0.25, 0.3) is 0 Å². The Morgan fingerprint density at radius 2 is 0.933 bits per heavy atom. The summed E-state index contributed by atoms with van der Waals surface area (Å²) in [6, 6.07) is 0. The van der Waals surface area contributed by atoms with E-state index in [1.54, 1.807) is 0 Å². The van der Waals surface area contributed by atoms with Gasteiger partial charge in [0.05, 0.1) is 39.0 Å². The van der Waals surface area contributed by atoms with Gasteiger partial charge in [-0.3, -0.25) is 4.18 Å². The molecule has 30 heavy (non-hydrogen) atoms. The highest BCUT2D eigenvalue weighted by Gasteiger charge is 2.25. The Bertz CT molecular complexity index is 434. The van der Waals surface area contributed by atoms with Crippen molar-refractivity contribution in [3.63, 3.8) is 0 Å². The zero-order valence-electron chi connectivity index (χ0n) is 20.9. The fourth-order valence-corrected chi connectivity index (χ4v) is 5.53. The summed E-state index contributed by atoms with van der Waals surface area (Å²) < 4.78 is 18.1. The van der Waals surface area contributed by atoms with E-state index in [-0.39, 0.29) is 0 Å². The smallest absolute Gasteiger partial charge is 0.143 e. The maximum absolute atomic E-state index is 11.9. The Hall–Kier alpha value is 0.290. The van der Waals surface area contributed by atoms with Gasteiger partial charge in [0, 0.05) is 11.2 Å². The van der Waals surface area contributed by atoms with Crippen molar-refractivity contribution in [3.05, 3.63) is 0 Å². The van der Waals surface area contributed by atoms with Crippen molar-refractivity contribution in [2.75, 3.05) is 39.0 Å². The third-order valence-electron chi connectivity index (χ3n) is 6.49. The number of unbranched alkanes of at least 4 members (excludes halogenated alkanes) is 12. The SMILES string of the molecule is CCCCCC[N+](CCCCCC)(CCCCCC)CCCCCCS(=O)(=S)OC. The summed E-state index contributed by atoms with van der Waals surface area (Å²) in [7, 11) is -0.989. The molecule has 0 rings (SSSR count). The lowest BCUT2D eigenvalue weighted by Gasteiger charge is -2.39. The van der Waals surface area contributed by atoms with Crippen molar-refractivity contribution >= 4 is 20.0 Å². The molecule has 0 aliphatic carbocycles. The minimum Gasteiger partial charge on any atom is -0.324 e. The highest BCUT2D eigenvalue weighted by molar-refractivity contribution is 8.30. The van der Waals surface area contributed by atoms with Crippen LogP contribution in [0.3, 0.4) is 0 Å². The van der Waals surface area contributed by atoms with Crippen molar-refractivity contribution in [1.82, 2.24) is 0 Å². The topological polar surface area (TPSA) is 26.3 Å². The van der Waals surface area contributed by atoms with Gasteiger partial charge in [0.2, 0.25) is 0 Å². The fraction of sp³-hybridized carbons (Fsp3) is 1.00. The van der Waals surface area contributed by atoms with Crippen LogP contribution in [0, 0.1) is 0 Å². The molecule has 0 aromatic carbocycles. The molecule has 0 N–H and O–H groups in total. The number of hydrogen-bond donors (Lipinski definition) is 0. The Labute approximate surface area is 195 Å². The molecular weight excluding hydrogens is 410 g/mol. The first-order valence-corrected chi connectivity index (χ1v) is 15.7. The summed E-state index contributed by atoms with van der Waals surface area (Å²) >= 11 is 4.99. The van der Waals surface area contributed by atoms with Crippen molar-refractivity contribution in [1.29, 1.82) is 0 Å². The first-order chi connectivity index (χ1) is 14.4. The lowest BCUT2D eigenvalue weighted by Crippen LogP contribution is -2.50. The molecule has 0 bridgehead atoms. The quantitative estimate of drug-likeness (QED) is 0.116. The van der Waals surface area contributed by atoms with Crippen LogP contribution in [-0.2, 0) is 24.1 Å². The molecule has 182 valence electrons. The second-order valence-electron chi connectivity index (χ2n) is 9.26. The van der Waals surface area contributed by atoms with Crippen LogP contribution in [0.25, 0.3) is 0 Å². The van der Waals surface area contributed by atoms with Crippen molar-refractivity contribution in [2.24, 2.45) is 0 Å². The van der Waals surface area contributed by atoms with Crippen LogP contribution >= 0.6 is 0 Å². The van der Waals surface area contributed by atoms with Gasteiger partial charge in [0.1, 0.15) is 8.77 Å². The second-order valence-corrected chi connectivity index (χ2v) is 12.6. The van der Waals surface area contributed by atoms with Gasteiger partial charge in [-0.25, -0.2) is 4.21 Å². The molecule has 1 atom stereocenters.